The lowest BCUT2D eigenvalue weighted by Gasteiger charge is -2.43. The maximum Gasteiger partial charge on any atom is 0.151 e. The Morgan fingerprint density at radius 3 is 2.52 bits per heavy atom. The molecule has 0 spiro atoms. The molecule has 160 valence electrons. The number of rotatable bonds is 3. The lowest BCUT2D eigenvalue weighted by Crippen LogP contribution is -2.46. The van der Waals surface area contributed by atoms with Crippen molar-refractivity contribution in [2.45, 2.75) is 57.2 Å². The third-order valence-electron chi connectivity index (χ3n) is 7.50. The Hall–Kier alpha value is -1.44. The van der Waals surface area contributed by atoms with E-state index in [9.17, 15) is 0 Å². The Labute approximate surface area is 173 Å². The Kier molecular flexibility index (Phi) is 5.16. The highest BCUT2D eigenvalue weighted by Gasteiger charge is 2.51. The van der Waals surface area contributed by atoms with E-state index in [1.165, 1.54) is 0 Å². The number of hydrogen-bond donors (Lipinski definition) is 1. The molecule has 3 saturated heterocycles. The van der Waals surface area contributed by atoms with Crippen LogP contribution in [0.3, 0.4) is 0 Å². The molecule has 1 saturated carbocycles. The average molecular weight is 402 g/mol. The van der Waals surface area contributed by atoms with Crippen molar-refractivity contribution in [3.63, 3.8) is 0 Å². The van der Waals surface area contributed by atoms with Crippen LogP contribution in [-0.4, -0.2) is 67.3 Å². The molecule has 2 N–H and O–H groups in total. The minimum atomic E-state index is -0.0424. The van der Waals surface area contributed by atoms with Crippen LogP contribution >= 0.6 is 0 Å². The lowest BCUT2D eigenvalue weighted by molar-refractivity contribution is -0.0784. The summed E-state index contributed by atoms with van der Waals surface area (Å²) in [5, 5.41) is 9.29. The van der Waals surface area contributed by atoms with Crippen molar-refractivity contribution in [2.24, 2.45) is 23.5 Å². The van der Waals surface area contributed by atoms with E-state index in [0.29, 0.717) is 29.8 Å². The van der Waals surface area contributed by atoms with Crippen molar-refractivity contribution in [3.05, 3.63) is 12.1 Å². The zero-order valence-electron chi connectivity index (χ0n) is 17.8. The third kappa shape index (κ3) is 3.84. The molecule has 29 heavy (non-hydrogen) atoms. The molecule has 4 fully saturated rings. The summed E-state index contributed by atoms with van der Waals surface area (Å²) in [5.41, 5.74) is 6.33. The van der Waals surface area contributed by atoms with Crippen molar-refractivity contribution >= 4 is 11.6 Å². The summed E-state index contributed by atoms with van der Waals surface area (Å²) in [7, 11) is 0. The SMILES string of the molecule is CC1(C)C[C@@H](C2C3CC(N)CC3CN2c2ccc(N3CCOCC3)nn2)CCO1. The molecule has 7 nitrogen and oxygen atoms in total. The lowest BCUT2D eigenvalue weighted by atomic mass is 9.77. The fraction of sp³-hybridized carbons (Fsp3) is 0.818. The molecule has 5 atom stereocenters. The first-order valence-electron chi connectivity index (χ1n) is 11.3. The van der Waals surface area contributed by atoms with Crippen LogP contribution in [0.15, 0.2) is 12.1 Å². The summed E-state index contributed by atoms with van der Waals surface area (Å²) in [4.78, 5) is 4.82. The molecule has 0 bridgehead atoms. The maximum absolute atomic E-state index is 6.37. The average Bonchev–Trinajstić information content (AvgIpc) is 3.24. The number of nitrogens with two attached hydrogens (primary N) is 1. The van der Waals surface area contributed by atoms with Gasteiger partial charge in [-0.1, -0.05) is 0 Å². The van der Waals surface area contributed by atoms with Gasteiger partial charge in [0, 0.05) is 38.3 Å². The first-order chi connectivity index (χ1) is 14.0. The minimum Gasteiger partial charge on any atom is -0.378 e. The number of nitrogens with zero attached hydrogens (tertiary/aromatic N) is 4. The van der Waals surface area contributed by atoms with Crippen LogP contribution in [0.5, 0.6) is 0 Å². The van der Waals surface area contributed by atoms with Gasteiger partial charge in [0.05, 0.1) is 18.8 Å². The third-order valence-corrected chi connectivity index (χ3v) is 7.50. The molecule has 4 unspecified atom stereocenters. The molecule has 7 heteroatoms. The van der Waals surface area contributed by atoms with Crippen LogP contribution in [0, 0.1) is 17.8 Å². The number of aromatic nitrogens is 2. The summed E-state index contributed by atoms with van der Waals surface area (Å²) >= 11 is 0. The molecule has 0 radical (unpaired) electrons. The highest BCUT2D eigenvalue weighted by Crippen LogP contribution is 2.48. The molecule has 5 rings (SSSR count). The molecule has 4 aliphatic rings. The van der Waals surface area contributed by atoms with E-state index in [1.807, 2.05) is 0 Å². The van der Waals surface area contributed by atoms with E-state index in [2.05, 4.69) is 40.9 Å². The number of fused-ring (bicyclic) bond motifs is 1. The summed E-state index contributed by atoms with van der Waals surface area (Å²) < 4.78 is 11.5. The van der Waals surface area contributed by atoms with E-state index in [-0.39, 0.29) is 5.60 Å². The molecule has 1 aromatic heterocycles. The normalized spacial score (nSPS) is 37.0. The summed E-state index contributed by atoms with van der Waals surface area (Å²) in [6.45, 7) is 9.68. The van der Waals surface area contributed by atoms with Gasteiger partial charge in [-0.25, -0.2) is 0 Å². The van der Waals surface area contributed by atoms with Crippen LogP contribution in [0.4, 0.5) is 11.6 Å². The van der Waals surface area contributed by atoms with Crippen LogP contribution in [-0.2, 0) is 9.47 Å². The summed E-state index contributed by atoms with van der Waals surface area (Å²) in [6, 6.07) is 5.17. The second-order valence-corrected chi connectivity index (χ2v) is 10.0. The summed E-state index contributed by atoms with van der Waals surface area (Å²) in [6.07, 6.45) is 4.51. The predicted octanol–water partition coefficient (Wildman–Crippen LogP) is 2.06. The van der Waals surface area contributed by atoms with E-state index in [4.69, 9.17) is 20.3 Å². The van der Waals surface area contributed by atoms with Crippen molar-refractivity contribution in [1.82, 2.24) is 10.2 Å². The first-order valence-corrected chi connectivity index (χ1v) is 11.3. The molecule has 1 aliphatic carbocycles. The molecular formula is C22H35N5O2. The summed E-state index contributed by atoms with van der Waals surface area (Å²) in [5.74, 6) is 3.97. The number of ether oxygens (including phenoxy) is 2. The number of anilines is 2. The molecular weight excluding hydrogens is 366 g/mol. The quantitative estimate of drug-likeness (QED) is 0.831. The van der Waals surface area contributed by atoms with Crippen LogP contribution in [0.25, 0.3) is 0 Å². The molecule has 3 aliphatic heterocycles. The van der Waals surface area contributed by atoms with Gasteiger partial charge in [-0.2, -0.15) is 0 Å². The fourth-order valence-corrected chi connectivity index (χ4v) is 6.29. The minimum absolute atomic E-state index is 0.0424. The Morgan fingerprint density at radius 1 is 1.03 bits per heavy atom. The van der Waals surface area contributed by atoms with Gasteiger partial charge in [-0.15, -0.1) is 10.2 Å². The van der Waals surface area contributed by atoms with Gasteiger partial charge < -0.3 is 25.0 Å². The molecule has 4 heterocycles. The van der Waals surface area contributed by atoms with Gasteiger partial charge >= 0.3 is 0 Å². The molecule has 0 amide bonds. The standard InChI is InChI=1S/C22H35N5O2/c1-22(2)13-15(5-8-29-22)21-18-12-17(23)11-16(18)14-27(21)20-4-3-19(24-25-20)26-6-9-28-10-7-26/h3-4,15-18,21H,5-14,23H2,1-2H3/t15-,16?,17?,18?,21?/m0/s1. The molecule has 1 aromatic rings. The van der Waals surface area contributed by atoms with Crippen LogP contribution in [0.1, 0.15) is 39.5 Å². The van der Waals surface area contributed by atoms with E-state index < -0.39 is 0 Å². The smallest absolute Gasteiger partial charge is 0.151 e. The topological polar surface area (TPSA) is 76.7 Å². The maximum atomic E-state index is 6.37. The zero-order valence-corrected chi connectivity index (χ0v) is 17.8. The Bertz CT molecular complexity index is 706. The Balaban J connectivity index is 1.38. The van der Waals surface area contributed by atoms with E-state index in [0.717, 1.165) is 76.8 Å². The van der Waals surface area contributed by atoms with Gasteiger partial charge in [-0.3, -0.25) is 0 Å². The van der Waals surface area contributed by atoms with Crippen LogP contribution < -0.4 is 15.5 Å². The predicted molar refractivity (Wildman–Crippen MR) is 113 cm³/mol. The van der Waals surface area contributed by atoms with Gasteiger partial charge in [-0.05, 0) is 69.4 Å². The van der Waals surface area contributed by atoms with E-state index in [1.54, 1.807) is 0 Å². The first kappa shape index (κ1) is 19.5. The molecule has 0 aromatic carbocycles. The Morgan fingerprint density at radius 2 is 1.79 bits per heavy atom. The van der Waals surface area contributed by atoms with Crippen LogP contribution in [0.2, 0.25) is 0 Å². The fourth-order valence-electron chi connectivity index (χ4n) is 6.29. The van der Waals surface area contributed by atoms with Gasteiger partial charge in [0.2, 0.25) is 0 Å². The van der Waals surface area contributed by atoms with Crippen molar-refractivity contribution in [2.75, 3.05) is 49.3 Å². The van der Waals surface area contributed by atoms with Crippen molar-refractivity contribution < 1.29 is 9.47 Å². The van der Waals surface area contributed by atoms with Gasteiger partial charge in [0.1, 0.15) is 0 Å². The largest absolute Gasteiger partial charge is 0.378 e. The highest BCUT2D eigenvalue weighted by molar-refractivity contribution is 5.47. The van der Waals surface area contributed by atoms with Crippen molar-refractivity contribution in [3.8, 4) is 0 Å². The monoisotopic (exact) mass is 401 g/mol. The second-order valence-electron chi connectivity index (χ2n) is 10.0. The number of morpholine rings is 1. The highest BCUT2D eigenvalue weighted by atomic mass is 16.5. The van der Waals surface area contributed by atoms with Gasteiger partial charge in [0.25, 0.3) is 0 Å². The number of hydrogen-bond acceptors (Lipinski definition) is 7. The second kappa shape index (κ2) is 7.67. The van der Waals surface area contributed by atoms with Crippen molar-refractivity contribution in [1.29, 1.82) is 0 Å². The van der Waals surface area contributed by atoms with E-state index >= 15 is 0 Å². The zero-order chi connectivity index (χ0) is 20.0. The van der Waals surface area contributed by atoms with Gasteiger partial charge in [0.15, 0.2) is 11.6 Å².